The monoisotopic (exact) mass is 345 g/mol. The Kier molecular flexibility index (Phi) is 3.53. The summed E-state index contributed by atoms with van der Waals surface area (Å²) in [4.78, 5) is 21.2. The van der Waals surface area contributed by atoms with Crippen LogP contribution in [0, 0.1) is 13.8 Å². The van der Waals surface area contributed by atoms with E-state index in [1.807, 2.05) is 26.0 Å². The number of carbonyl (C=O) groups excluding carboxylic acids is 1. The second-order valence-corrected chi connectivity index (χ2v) is 6.43. The van der Waals surface area contributed by atoms with Crippen LogP contribution >= 0.6 is 15.9 Å². The Morgan fingerprint density at radius 1 is 1.33 bits per heavy atom. The molecule has 5 heteroatoms. The molecule has 1 aliphatic carbocycles. The van der Waals surface area contributed by atoms with E-state index in [-0.39, 0.29) is 5.91 Å². The zero-order chi connectivity index (χ0) is 15.0. The number of nitrogens with zero attached hydrogens (tertiary/aromatic N) is 2. The third kappa shape index (κ3) is 2.58. The highest BCUT2D eigenvalue weighted by molar-refractivity contribution is 9.10. The van der Waals surface area contributed by atoms with Crippen LogP contribution in [0.2, 0.25) is 0 Å². The summed E-state index contributed by atoms with van der Waals surface area (Å²) >= 11 is 3.42. The molecule has 1 saturated carbocycles. The van der Waals surface area contributed by atoms with Gasteiger partial charge in [-0.3, -0.25) is 14.8 Å². The second-order valence-electron chi connectivity index (χ2n) is 5.52. The molecule has 0 spiro atoms. The van der Waals surface area contributed by atoms with Gasteiger partial charge in [0.05, 0.1) is 16.8 Å². The van der Waals surface area contributed by atoms with Crippen molar-refractivity contribution in [3.63, 3.8) is 0 Å². The molecule has 21 heavy (non-hydrogen) atoms. The first-order valence-electron chi connectivity index (χ1n) is 6.88. The minimum absolute atomic E-state index is 0.0293. The van der Waals surface area contributed by atoms with Gasteiger partial charge in [-0.25, -0.2) is 0 Å². The number of hydrogen-bond acceptors (Lipinski definition) is 3. The number of aromatic nitrogens is 2. The highest BCUT2D eigenvalue weighted by atomic mass is 79.9. The van der Waals surface area contributed by atoms with E-state index in [4.69, 9.17) is 0 Å². The Morgan fingerprint density at radius 3 is 2.71 bits per heavy atom. The van der Waals surface area contributed by atoms with E-state index in [0.29, 0.717) is 0 Å². The maximum atomic E-state index is 12.7. The van der Waals surface area contributed by atoms with Crippen LogP contribution in [0.15, 0.2) is 35.2 Å². The molecule has 2 aromatic heterocycles. The van der Waals surface area contributed by atoms with Gasteiger partial charge in [0.2, 0.25) is 5.91 Å². The second kappa shape index (κ2) is 5.22. The molecule has 1 amide bonds. The zero-order valence-corrected chi connectivity index (χ0v) is 13.6. The van der Waals surface area contributed by atoms with Gasteiger partial charge >= 0.3 is 0 Å². The summed E-state index contributed by atoms with van der Waals surface area (Å²) in [6.07, 6.45) is 6.98. The number of nitrogens with one attached hydrogen (secondary N) is 1. The van der Waals surface area contributed by atoms with Gasteiger partial charge in [-0.2, -0.15) is 0 Å². The smallest absolute Gasteiger partial charge is 0.235 e. The highest BCUT2D eigenvalue weighted by Crippen LogP contribution is 2.49. The third-order valence-electron chi connectivity index (χ3n) is 4.03. The van der Waals surface area contributed by atoms with Gasteiger partial charge in [-0.1, -0.05) is 0 Å². The minimum Gasteiger partial charge on any atom is -0.324 e. The van der Waals surface area contributed by atoms with Crippen LogP contribution in [0.3, 0.4) is 0 Å². The summed E-state index contributed by atoms with van der Waals surface area (Å²) in [7, 11) is 0. The van der Waals surface area contributed by atoms with Crippen molar-refractivity contribution in [3.05, 3.63) is 52.0 Å². The fourth-order valence-corrected chi connectivity index (χ4v) is 2.93. The van der Waals surface area contributed by atoms with E-state index >= 15 is 0 Å². The Labute approximate surface area is 132 Å². The Morgan fingerprint density at radius 2 is 2.10 bits per heavy atom. The first-order chi connectivity index (χ1) is 10.0. The summed E-state index contributed by atoms with van der Waals surface area (Å²) in [6.45, 7) is 3.88. The fraction of sp³-hybridized carbons (Fsp3) is 0.312. The molecule has 0 bridgehead atoms. The Balaban J connectivity index is 1.89. The summed E-state index contributed by atoms with van der Waals surface area (Å²) in [5.41, 5.74) is 3.21. The molecule has 0 unspecified atom stereocenters. The average Bonchev–Trinajstić information content (AvgIpc) is 3.24. The number of rotatable bonds is 3. The van der Waals surface area contributed by atoms with Crippen molar-refractivity contribution in [2.45, 2.75) is 32.1 Å². The van der Waals surface area contributed by atoms with Crippen LogP contribution in [0.25, 0.3) is 0 Å². The first kappa shape index (κ1) is 14.2. The van der Waals surface area contributed by atoms with Crippen molar-refractivity contribution in [1.29, 1.82) is 0 Å². The largest absolute Gasteiger partial charge is 0.324 e. The summed E-state index contributed by atoms with van der Waals surface area (Å²) in [5, 5.41) is 3.05. The quantitative estimate of drug-likeness (QED) is 0.925. The van der Waals surface area contributed by atoms with Gasteiger partial charge in [0.25, 0.3) is 0 Å². The maximum Gasteiger partial charge on any atom is 0.235 e. The van der Waals surface area contributed by atoms with Crippen LogP contribution in [0.1, 0.15) is 29.7 Å². The molecule has 0 radical (unpaired) electrons. The topological polar surface area (TPSA) is 54.9 Å². The molecule has 0 saturated heterocycles. The fourth-order valence-electron chi connectivity index (χ4n) is 2.56. The van der Waals surface area contributed by atoms with Crippen LogP contribution in [-0.4, -0.2) is 15.9 Å². The number of hydrogen-bond donors (Lipinski definition) is 1. The molecule has 0 atom stereocenters. The molecule has 2 heterocycles. The van der Waals surface area contributed by atoms with E-state index in [1.165, 1.54) is 0 Å². The van der Waals surface area contributed by atoms with Crippen LogP contribution < -0.4 is 5.32 Å². The van der Waals surface area contributed by atoms with Crippen LogP contribution in [0.5, 0.6) is 0 Å². The van der Waals surface area contributed by atoms with Crippen LogP contribution in [0.4, 0.5) is 5.69 Å². The standard InChI is InChI=1S/C16H16BrN3O/c1-10-3-6-19-11(2)14(10)20-15(21)16(4-5-16)12-7-13(17)9-18-8-12/h3,6-9H,4-5H2,1-2H3,(H,20,21). The number of amides is 1. The lowest BCUT2D eigenvalue weighted by Crippen LogP contribution is -2.28. The molecular formula is C16H16BrN3O. The SMILES string of the molecule is Cc1ccnc(C)c1NC(=O)C1(c2cncc(Br)c2)CC1. The lowest BCUT2D eigenvalue weighted by molar-refractivity contribution is -0.118. The van der Waals surface area contributed by atoms with Crippen molar-refractivity contribution < 1.29 is 4.79 Å². The Bertz CT molecular complexity index is 690. The molecule has 0 aliphatic heterocycles. The van der Waals surface area contributed by atoms with Crippen molar-refractivity contribution in [1.82, 2.24) is 9.97 Å². The van der Waals surface area contributed by atoms with E-state index < -0.39 is 5.41 Å². The number of anilines is 1. The van der Waals surface area contributed by atoms with Crippen molar-refractivity contribution in [2.24, 2.45) is 0 Å². The van der Waals surface area contributed by atoms with E-state index in [0.717, 1.165) is 39.8 Å². The predicted molar refractivity (Wildman–Crippen MR) is 85.2 cm³/mol. The molecule has 4 nitrogen and oxygen atoms in total. The lowest BCUT2D eigenvalue weighted by atomic mass is 9.96. The normalized spacial score (nSPS) is 15.6. The molecule has 3 rings (SSSR count). The molecule has 0 aromatic carbocycles. The van der Waals surface area contributed by atoms with Crippen LogP contribution in [-0.2, 0) is 10.2 Å². The van der Waals surface area contributed by atoms with Gasteiger partial charge in [0, 0.05) is 23.1 Å². The third-order valence-corrected chi connectivity index (χ3v) is 4.46. The maximum absolute atomic E-state index is 12.7. The Hall–Kier alpha value is -1.75. The van der Waals surface area contributed by atoms with Crippen molar-refractivity contribution in [3.8, 4) is 0 Å². The average molecular weight is 346 g/mol. The molecular weight excluding hydrogens is 330 g/mol. The van der Waals surface area contributed by atoms with Crippen molar-refractivity contribution in [2.75, 3.05) is 5.32 Å². The molecule has 2 aromatic rings. The van der Waals surface area contributed by atoms with E-state index in [9.17, 15) is 4.79 Å². The lowest BCUT2D eigenvalue weighted by Gasteiger charge is -2.17. The van der Waals surface area contributed by atoms with Gasteiger partial charge in [0.1, 0.15) is 0 Å². The summed E-state index contributed by atoms with van der Waals surface area (Å²) in [5.74, 6) is 0.0293. The number of aryl methyl sites for hydroxylation is 2. The van der Waals surface area contributed by atoms with Crippen molar-refractivity contribution >= 4 is 27.5 Å². The first-order valence-corrected chi connectivity index (χ1v) is 7.67. The number of pyridine rings is 2. The molecule has 1 N–H and O–H groups in total. The number of carbonyl (C=O) groups is 1. The van der Waals surface area contributed by atoms with Gasteiger partial charge in [-0.05, 0) is 65.9 Å². The van der Waals surface area contributed by atoms with Gasteiger partial charge in [-0.15, -0.1) is 0 Å². The minimum atomic E-state index is -0.439. The molecule has 108 valence electrons. The molecule has 1 fully saturated rings. The predicted octanol–water partition coefficient (Wildman–Crippen LogP) is 3.53. The van der Waals surface area contributed by atoms with E-state index in [2.05, 4.69) is 31.2 Å². The summed E-state index contributed by atoms with van der Waals surface area (Å²) < 4.78 is 0.896. The highest BCUT2D eigenvalue weighted by Gasteiger charge is 2.51. The summed E-state index contributed by atoms with van der Waals surface area (Å²) in [6, 6.07) is 3.88. The van der Waals surface area contributed by atoms with Gasteiger partial charge in [0.15, 0.2) is 0 Å². The molecule has 1 aliphatic rings. The number of halogens is 1. The van der Waals surface area contributed by atoms with Gasteiger partial charge < -0.3 is 5.32 Å². The van der Waals surface area contributed by atoms with E-state index in [1.54, 1.807) is 18.6 Å². The zero-order valence-electron chi connectivity index (χ0n) is 12.0.